The molecular formula is C11H11ClN2OS. The smallest absolute Gasteiger partial charge is 0.227 e. The van der Waals surface area contributed by atoms with Crippen molar-refractivity contribution in [2.24, 2.45) is 11.7 Å². The predicted molar refractivity (Wildman–Crippen MR) is 68.7 cm³/mol. The molecule has 0 bridgehead atoms. The number of benzene rings is 1. The molecular weight excluding hydrogens is 244 g/mol. The van der Waals surface area contributed by atoms with E-state index in [0.717, 1.165) is 12.8 Å². The molecule has 1 aromatic rings. The van der Waals surface area contributed by atoms with Gasteiger partial charge in [-0.1, -0.05) is 29.9 Å². The van der Waals surface area contributed by atoms with E-state index in [-0.39, 0.29) is 11.8 Å². The first-order chi connectivity index (χ1) is 7.58. The third kappa shape index (κ3) is 2.51. The Balaban J connectivity index is 2.20. The zero-order chi connectivity index (χ0) is 11.7. The third-order valence-corrected chi connectivity index (χ3v) is 3.02. The molecule has 2 rings (SSSR count). The van der Waals surface area contributed by atoms with E-state index in [1.165, 1.54) is 0 Å². The molecule has 3 nitrogen and oxygen atoms in total. The van der Waals surface area contributed by atoms with Crippen molar-refractivity contribution in [3.63, 3.8) is 0 Å². The van der Waals surface area contributed by atoms with Crippen molar-refractivity contribution in [3.05, 3.63) is 28.8 Å². The molecule has 5 heteroatoms. The average Bonchev–Trinajstić information content (AvgIpc) is 3.04. The number of hydrogen-bond donors (Lipinski definition) is 2. The van der Waals surface area contributed by atoms with Crippen molar-refractivity contribution in [2.75, 3.05) is 5.32 Å². The van der Waals surface area contributed by atoms with Gasteiger partial charge in [-0.2, -0.15) is 0 Å². The summed E-state index contributed by atoms with van der Waals surface area (Å²) in [6.45, 7) is 0. The van der Waals surface area contributed by atoms with Crippen LogP contribution in [0.25, 0.3) is 0 Å². The number of nitrogens with two attached hydrogens (primary N) is 1. The fourth-order valence-corrected chi connectivity index (χ4v) is 1.65. The van der Waals surface area contributed by atoms with E-state index in [9.17, 15) is 4.79 Å². The number of anilines is 1. The summed E-state index contributed by atoms with van der Waals surface area (Å²) in [4.78, 5) is 11.9. The molecule has 1 amide bonds. The maximum absolute atomic E-state index is 11.6. The predicted octanol–water partition coefficient (Wildman–Crippen LogP) is 2.32. The second kappa shape index (κ2) is 4.39. The minimum absolute atomic E-state index is 0.0157. The largest absolute Gasteiger partial charge is 0.389 e. The zero-order valence-electron chi connectivity index (χ0n) is 8.50. The van der Waals surface area contributed by atoms with Gasteiger partial charge in [-0.05, 0) is 25.0 Å². The molecule has 16 heavy (non-hydrogen) atoms. The summed E-state index contributed by atoms with van der Waals surface area (Å²) >= 11 is 10.8. The van der Waals surface area contributed by atoms with Crippen molar-refractivity contribution in [3.8, 4) is 0 Å². The molecule has 1 aliphatic carbocycles. The molecule has 0 radical (unpaired) electrons. The average molecular weight is 255 g/mol. The Morgan fingerprint density at radius 3 is 2.75 bits per heavy atom. The van der Waals surface area contributed by atoms with Gasteiger partial charge in [0.25, 0.3) is 0 Å². The number of carbonyl (C=O) groups excluding carboxylic acids is 1. The lowest BCUT2D eigenvalue weighted by molar-refractivity contribution is -0.117. The first-order valence-corrected chi connectivity index (χ1v) is 5.77. The molecule has 0 spiro atoms. The summed E-state index contributed by atoms with van der Waals surface area (Å²) in [6.07, 6.45) is 1.91. The number of nitrogens with one attached hydrogen (secondary N) is 1. The monoisotopic (exact) mass is 254 g/mol. The molecule has 0 heterocycles. The van der Waals surface area contributed by atoms with E-state index in [0.29, 0.717) is 21.3 Å². The minimum atomic E-state index is 0.0157. The van der Waals surface area contributed by atoms with Crippen LogP contribution in [0.3, 0.4) is 0 Å². The van der Waals surface area contributed by atoms with Gasteiger partial charge in [0.1, 0.15) is 4.99 Å². The maximum atomic E-state index is 11.6. The summed E-state index contributed by atoms with van der Waals surface area (Å²) in [7, 11) is 0. The van der Waals surface area contributed by atoms with Gasteiger partial charge < -0.3 is 11.1 Å². The third-order valence-electron chi connectivity index (χ3n) is 2.46. The van der Waals surface area contributed by atoms with Gasteiger partial charge >= 0.3 is 0 Å². The van der Waals surface area contributed by atoms with Crippen LogP contribution in [-0.4, -0.2) is 10.9 Å². The second-order valence-corrected chi connectivity index (χ2v) is 4.67. The highest BCUT2D eigenvalue weighted by atomic mass is 35.5. The molecule has 1 fully saturated rings. The van der Waals surface area contributed by atoms with Crippen LogP contribution in [0.1, 0.15) is 18.4 Å². The van der Waals surface area contributed by atoms with Crippen LogP contribution in [-0.2, 0) is 4.79 Å². The number of amides is 1. The maximum Gasteiger partial charge on any atom is 0.227 e. The Hall–Kier alpha value is -1.13. The second-order valence-electron chi connectivity index (χ2n) is 3.82. The van der Waals surface area contributed by atoms with Crippen molar-refractivity contribution >= 4 is 40.4 Å². The van der Waals surface area contributed by atoms with Crippen molar-refractivity contribution in [1.29, 1.82) is 0 Å². The first-order valence-electron chi connectivity index (χ1n) is 4.98. The molecule has 1 aromatic carbocycles. The Morgan fingerprint density at radius 1 is 1.50 bits per heavy atom. The number of hydrogen-bond acceptors (Lipinski definition) is 2. The zero-order valence-corrected chi connectivity index (χ0v) is 10.1. The number of halogens is 1. The number of thiocarbonyl (C=S) groups is 1. The van der Waals surface area contributed by atoms with E-state index >= 15 is 0 Å². The Morgan fingerprint density at radius 2 is 2.19 bits per heavy atom. The summed E-state index contributed by atoms with van der Waals surface area (Å²) < 4.78 is 0. The van der Waals surface area contributed by atoms with Gasteiger partial charge in [-0.15, -0.1) is 0 Å². The van der Waals surface area contributed by atoms with Crippen molar-refractivity contribution in [1.82, 2.24) is 0 Å². The highest BCUT2D eigenvalue weighted by Crippen LogP contribution is 2.31. The van der Waals surface area contributed by atoms with Crippen molar-refractivity contribution in [2.45, 2.75) is 12.8 Å². The lowest BCUT2D eigenvalue weighted by Gasteiger charge is -2.08. The van der Waals surface area contributed by atoms with Gasteiger partial charge in [0.15, 0.2) is 0 Å². The minimum Gasteiger partial charge on any atom is -0.389 e. The molecule has 0 unspecified atom stereocenters. The SMILES string of the molecule is NC(=S)c1ccc(Cl)c(NC(=O)C2CC2)c1. The first kappa shape index (κ1) is 11.4. The standard InChI is InChI=1S/C11H11ClN2OS/c12-8-4-3-7(10(13)16)5-9(8)14-11(15)6-1-2-6/h3-6H,1-2H2,(H2,13,16)(H,14,15). The van der Waals surface area contributed by atoms with Crippen LogP contribution < -0.4 is 11.1 Å². The van der Waals surface area contributed by atoms with Gasteiger partial charge in [-0.3, -0.25) is 4.79 Å². The van der Waals surface area contributed by atoms with Crippen LogP contribution in [0.15, 0.2) is 18.2 Å². The van der Waals surface area contributed by atoms with Crippen LogP contribution in [0, 0.1) is 5.92 Å². The van der Waals surface area contributed by atoms with Gasteiger partial charge in [0.05, 0.1) is 10.7 Å². The lowest BCUT2D eigenvalue weighted by atomic mass is 10.2. The fourth-order valence-electron chi connectivity index (χ4n) is 1.35. The van der Waals surface area contributed by atoms with Crippen LogP contribution in [0.4, 0.5) is 5.69 Å². The van der Waals surface area contributed by atoms with E-state index < -0.39 is 0 Å². The molecule has 0 saturated heterocycles. The summed E-state index contributed by atoms with van der Waals surface area (Å²) in [5.74, 6) is 0.159. The molecule has 1 aliphatic rings. The molecule has 84 valence electrons. The molecule has 1 saturated carbocycles. The lowest BCUT2D eigenvalue weighted by Crippen LogP contribution is -2.15. The fraction of sp³-hybridized carbons (Fsp3) is 0.273. The van der Waals surface area contributed by atoms with Crippen LogP contribution in [0.2, 0.25) is 5.02 Å². The van der Waals surface area contributed by atoms with E-state index in [2.05, 4.69) is 5.32 Å². The van der Waals surface area contributed by atoms with E-state index in [1.54, 1.807) is 18.2 Å². The normalized spacial score (nSPS) is 14.6. The summed E-state index contributed by atoms with van der Waals surface area (Å²) in [6, 6.07) is 5.11. The quantitative estimate of drug-likeness (QED) is 0.814. The van der Waals surface area contributed by atoms with E-state index in [4.69, 9.17) is 29.6 Å². The van der Waals surface area contributed by atoms with Crippen LogP contribution in [0.5, 0.6) is 0 Å². The van der Waals surface area contributed by atoms with Crippen molar-refractivity contribution < 1.29 is 4.79 Å². The topological polar surface area (TPSA) is 55.1 Å². The number of rotatable bonds is 3. The summed E-state index contributed by atoms with van der Waals surface area (Å²) in [5.41, 5.74) is 6.78. The Bertz CT molecular complexity index is 457. The highest BCUT2D eigenvalue weighted by Gasteiger charge is 2.29. The van der Waals surface area contributed by atoms with Crippen LogP contribution >= 0.6 is 23.8 Å². The molecule has 0 atom stereocenters. The van der Waals surface area contributed by atoms with Gasteiger partial charge in [-0.25, -0.2) is 0 Å². The molecule has 0 aromatic heterocycles. The Labute approximate surface area is 104 Å². The molecule has 0 aliphatic heterocycles. The van der Waals surface area contributed by atoms with Gasteiger partial charge in [0.2, 0.25) is 5.91 Å². The summed E-state index contributed by atoms with van der Waals surface area (Å²) in [5, 5.41) is 3.28. The van der Waals surface area contributed by atoms with Gasteiger partial charge in [0, 0.05) is 11.5 Å². The Kier molecular flexibility index (Phi) is 3.12. The van der Waals surface area contributed by atoms with E-state index in [1.807, 2.05) is 0 Å². The molecule has 3 N–H and O–H groups in total. The number of carbonyl (C=O) groups is 1. The highest BCUT2D eigenvalue weighted by molar-refractivity contribution is 7.80.